The lowest BCUT2D eigenvalue weighted by atomic mass is 10.3. The Morgan fingerprint density at radius 2 is 2.40 bits per heavy atom. The molecule has 1 atom stereocenters. The second-order valence-corrected chi connectivity index (χ2v) is 2.36. The highest BCUT2D eigenvalue weighted by atomic mass is 16.7. The first-order chi connectivity index (χ1) is 4.70. The Kier molecular flexibility index (Phi) is 2.24. The van der Waals surface area contributed by atoms with Crippen molar-refractivity contribution in [3.63, 3.8) is 0 Å². The van der Waals surface area contributed by atoms with Gasteiger partial charge in [0, 0.05) is 20.5 Å². The Morgan fingerprint density at radius 3 is 2.80 bits per heavy atom. The van der Waals surface area contributed by atoms with Gasteiger partial charge in [-0.1, -0.05) is 0 Å². The van der Waals surface area contributed by atoms with Crippen LogP contribution in [-0.2, 0) is 14.4 Å². The molecule has 0 aromatic carbocycles. The number of rotatable bonds is 2. The zero-order valence-electron chi connectivity index (χ0n) is 6.16. The van der Waals surface area contributed by atoms with E-state index in [9.17, 15) is 4.79 Å². The molecule has 0 aliphatic carbocycles. The summed E-state index contributed by atoms with van der Waals surface area (Å²) < 4.78 is 4.68. The van der Waals surface area contributed by atoms with Crippen molar-refractivity contribution < 1.29 is 14.4 Å². The molecule has 1 aliphatic rings. The maximum Gasteiger partial charge on any atom is 0.337 e. The molecular weight excluding hydrogens is 134 g/mol. The van der Waals surface area contributed by atoms with Crippen LogP contribution in [0.15, 0.2) is 0 Å². The van der Waals surface area contributed by atoms with E-state index in [1.165, 1.54) is 5.06 Å². The summed E-state index contributed by atoms with van der Waals surface area (Å²) in [6, 6.07) is 0. The minimum atomic E-state index is -0.380. The van der Waals surface area contributed by atoms with Gasteiger partial charge in [0.2, 0.25) is 0 Å². The van der Waals surface area contributed by atoms with Crippen LogP contribution in [0.25, 0.3) is 0 Å². The molecule has 0 amide bonds. The number of ether oxygens (including phenoxy) is 1. The van der Waals surface area contributed by atoms with Gasteiger partial charge in [-0.2, -0.15) is 5.06 Å². The van der Waals surface area contributed by atoms with Gasteiger partial charge >= 0.3 is 5.97 Å². The molecule has 58 valence electrons. The molecule has 0 radical (unpaired) electrons. The van der Waals surface area contributed by atoms with Gasteiger partial charge in [-0.15, -0.1) is 0 Å². The number of cyclic esters (lactones) is 1. The Bertz CT molecular complexity index is 135. The fourth-order valence-corrected chi connectivity index (χ4v) is 0.828. The highest BCUT2D eigenvalue weighted by molar-refractivity contribution is 5.76. The number of esters is 1. The third kappa shape index (κ3) is 1.68. The van der Waals surface area contributed by atoms with Gasteiger partial charge in [-0.3, -0.25) is 4.84 Å². The molecule has 0 unspecified atom stereocenters. The smallest absolute Gasteiger partial charge is 0.337 e. The van der Waals surface area contributed by atoms with Gasteiger partial charge < -0.3 is 4.74 Å². The number of hydroxylamine groups is 2. The van der Waals surface area contributed by atoms with E-state index in [1.54, 1.807) is 14.1 Å². The molecule has 0 aromatic rings. The van der Waals surface area contributed by atoms with Crippen LogP contribution < -0.4 is 0 Å². The van der Waals surface area contributed by atoms with E-state index in [0.29, 0.717) is 13.0 Å². The number of carbonyl (C=O) groups is 1. The maximum absolute atomic E-state index is 10.7. The van der Waals surface area contributed by atoms with Crippen LogP contribution in [0, 0.1) is 0 Å². The van der Waals surface area contributed by atoms with E-state index >= 15 is 0 Å². The van der Waals surface area contributed by atoms with Crippen molar-refractivity contribution in [2.45, 2.75) is 12.5 Å². The summed E-state index contributed by atoms with van der Waals surface area (Å²) in [4.78, 5) is 15.8. The van der Waals surface area contributed by atoms with E-state index in [0.717, 1.165) is 0 Å². The molecule has 0 spiro atoms. The number of nitrogens with zero attached hydrogens (tertiary/aromatic N) is 1. The molecular formula is C6H11NO3. The molecule has 1 fully saturated rings. The summed E-state index contributed by atoms with van der Waals surface area (Å²) in [7, 11) is 3.48. The predicted molar refractivity (Wildman–Crippen MR) is 34.1 cm³/mol. The van der Waals surface area contributed by atoms with Crippen molar-refractivity contribution in [3.8, 4) is 0 Å². The van der Waals surface area contributed by atoms with Crippen LogP contribution in [0.4, 0.5) is 0 Å². The quantitative estimate of drug-likeness (QED) is 0.398. The minimum Gasteiger partial charge on any atom is -0.464 e. The van der Waals surface area contributed by atoms with Crippen molar-refractivity contribution in [2.24, 2.45) is 0 Å². The lowest BCUT2D eigenvalue weighted by Gasteiger charge is -2.12. The van der Waals surface area contributed by atoms with Crippen LogP contribution >= 0.6 is 0 Å². The first-order valence-corrected chi connectivity index (χ1v) is 3.21. The normalized spacial score (nSPS) is 25.5. The first-order valence-electron chi connectivity index (χ1n) is 3.21. The van der Waals surface area contributed by atoms with E-state index in [4.69, 9.17) is 4.84 Å². The molecule has 10 heavy (non-hydrogen) atoms. The molecule has 1 saturated heterocycles. The SMILES string of the molecule is CN(C)O[C@H]1CCOC1=O. The van der Waals surface area contributed by atoms with E-state index < -0.39 is 0 Å². The summed E-state index contributed by atoms with van der Waals surface area (Å²) >= 11 is 0. The molecule has 4 nitrogen and oxygen atoms in total. The summed E-state index contributed by atoms with van der Waals surface area (Å²) in [5, 5.41) is 1.51. The lowest BCUT2D eigenvalue weighted by molar-refractivity contribution is -0.181. The average molecular weight is 145 g/mol. The van der Waals surface area contributed by atoms with E-state index in [1.807, 2.05) is 0 Å². The van der Waals surface area contributed by atoms with Crippen molar-refractivity contribution in [1.29, 1.82) is 0 Å². The largest absolute Gasteiger partial charge is 0.464 e. The monoisotopic (exact) mass is 145 g/mol. The van der Waals surface area contributed by atoms with Crippen molar-refractivity contribution in [3.05, 3.63) is 0 Å². The third-order valence-electron chi connectivity index (χ3n) is 1.23. The van der Waals surface area contributed by atoms with Gasteiger partial charge in [0.05, 0.1) is 6.61 Å². The van der Waals surface area contributed by atoms with Gasteiger partial charge in [-0.25, -0.2) is 4.79 Å². The molecule has 1 rings (SSSR count). The zero-order chi connectivity index (χ0) is 7.56. The number of carbonyl (C=O) groups excluding carboxylic acids is 1. The highest BCUT2D eigenvalue weighted by Crippen LogP contribution is 2.10. The molecule has 0 bridgehead atoms. The molecule has 1 aliphatic heterocycles. The first kappa shape index (κ1) is 7.50. The molecule has 4 heteroatoms. The second kappa shape index (κ2) is 2.98. The Hall–Kier alpha value is -0.610. The second-order valence-electron chi connectivity index (χ2n) is 2.36. The van der Waals surface area contributed by atoms with Crippen LogP contribution in [0.2, 0.25) is 0 Å². The maximum atomic E-state index is 10.7. The minimum absolute atomic E-state index is 0.256. The summed E-state index contributed by atoms with van der Waals surface area (Å²) in [5.74, 6) is -0.256. The molecule has 0 aromatic heterocycles. The van der Waals surface area contributed by atoms with Crippen LogP contribution in [-0.4, -0.2) is 37.8 Å². The average Bonchev–Trinajstić information content (AvgIpc) is 2.15. The van der Waals surface area contributed by atoms with Crippen LogP contribution in [0.3, 0.4) is 0 Å². The predicted octanol–water partition coefficient (Wildman–Crippen LogP) is -0.205. The fraction of sp³-hybridized carbons (Fsp3) is 0.833. The van der Waals surface area contributed by atoms with E-state index in [-0.39, 0.29) is 12.1 Å². The van der Waals surface area contributed by atoms with E-state index in [2.05, 4.69) is 4.74 Å². The number of hydrogen-bond donors (Lipinski definition) is 0. The third-order valence-corrected chi connectivity index (χ3v) is 1.23. The summed E-state index contributed by atoms with van der Waals surface area (Å²) in [5.41, 5.74) is 0. The topological polar surface area (TPSA) is 38.8 Å². The standard InChI is InChI=1S/C6H11NO3/c1-7(2)10-5-3-4-9-6(5)8/h5H,3-4H2,1-2H3/t5-/m0/s1. The van der Waals surface area contributed by atoms with Crippen molar-refractivity contribution >= 4 is 5.97 Å². The Balaban J connectivity index is 2.33. The Labute approximate surface area is 59.7 Å². The van der Waals surface area contributed by atoms with Crippen LogP contribution in [0.5, 0.6) is 0 Å². The fourth-order valence-electron chi connectivity index (χ4n) is 0.828. The van der Waals surface area contributed by atoms with Gasteiger partial charge in [0.25, 0.3) is 0 Å². The Morgan fingerprint density at radius 1 is 1.70 bits per heavy atom. The molecule has 0 saturated carbocycles. The van der Waals surface area contributed by atoms with Gasteiger partial charge in [0.1, 0.15) is 0 Å². The van der Waals surface area contributed by atoms with Gasteiger partial charge in [0.15, 0.2) is 6.10 Å². The highest BCUT2D eigenvalue weighted by Gasteiger charge is 2.28. The summed E-state index contributed by atoms with van der Waals surface area (Å²) in [6.07, 6.45) is 0.284. The van der Waals surface area contributed by atoms with Crippen molar-refractivity contribution in [1.82, 2.24) is 5.06 Å². The number of hydrogen-bond acceptors (Lipinski definition) is 4. The van der Waals surface area contributed by atoms with Gasteiger partial charge in [-0.05, 0) is 0 Å². The molecule has 1 heterocycles. The lowest BCUT2D eigenvalue weighted by Crippen LogP contribution is -2.26. The summed E-state index contributed by atoms with van der Waals surface area (Å²) in [6.45, 7) is 0.483. The molecule has 0 N–H and O–H groups in total. The zero-order valence-corrected chi connectivity index (χ0v) is 6.16. The van der Waals surface area contributed by atoms with Crippen molar-refractivity contribution in [2.75, 3.05) is 20.7 Å². The van der Waals surface area contributed by atoms with Crippen LogP contribution in [0.1, 0.15) is 6.42 Å².